The number of aromatic nitrogens is 3. The van der Waals surface area contributed by atoms with Crippen LogP contribution in [0.1, 0.15) is 34.7 Å². The van der Waals surface area contributed by atoms with Gasteiger partial charge >= 0.3 is 0 Å². The average Bonchev–Trinajstić information content (AvgIpc) is 2.75. The molecule has 0 radical (unpaired) electrons. The summed E-state index contributed by atoms with van der Waals surface area (Å²) in [6.07, 6.45) is 8.77. The minimum atomic E-state index is -0.00515. The van der Waals surface area contributed by atoms with Crippen LogP contribution in [0.4, 0.5) is 11.6 Å². The van der Waals surface area contributed by atoms with Gasteiger partial charge in [-0.1, -0.05) is 18.2 Å². The maximum atomic E-state index is 12.7. The van der Waals surface area contributed by atoms with E-state index in [9.17, 15) is 4.79 Å². The van der Waals surface area contributed by atoms with Crippen molar-refractivity contribution >= 4 is 17.5 Å². The number of piperidine rings is 1. The highest BCUT2D eigenvalue weighted by Gasteiger charge is 2.24. The number of anilines is 2. The highest BCUT2D eigenvalue weighted by molar-refractivity contribution is 5.93. The number of carbonyl (C=O) groups is 1. The molecule has 1 N–H and O–H groups in total. The first-order valence-corrected chi connectivity index (χ1v) is 9.13. The van der Waals surface area contributed by atoms with E-state index in [0.717, 1.165) is 31.6 Å². The van der Waals surface area contributed by atoms with Crippen molar-refractivity contribution in [3.63, 3.8) is 0 Å². The summed E-state index contributed by atoms with van der Waals surface area (Å²) in [4.78, 5) is 27.2. The Bertz CT molecular complexity index is 875. The predicted octanol–water partition coefficient (Wildman–Crippen LogP) is 3.64. The molecular weight excluding hydrogens is 338 g/mol. The lowest BCUT2D eigenvalue weighted by atomic mass is 9.90. The second-order valence-corrected chi connectivity index (χ2v) is 6.63. The van der Waals surface area contributed by atoms with Crippen molar-refractivity contribution in [2.45, 2.75) is 18.8 Å². The van der Waals surface area contributed by atoms with Crippen LogP contribution >= 0.6 is 0 Å². The van der Waals surface area contributed by atoms with Crippen molar-refractivity contribution < 1.29 is 4.79 Å². The molecule has 0 bridgehead atoms. The van der Waals surface area contributed by atoms with Gasteiger partial charge in [0.2, 0.25) is 5.95 Å². The summed E-state index contributed by atoms with van der Waals surface area (Å²) in [5.41, 5.74) is 2.74. The number of hydrogen-bond acceptors (Lipinski definition) is 5. The first kappa shape index (κ1) is 17.1. The van der Waals surface area contributed by atoms with Crippen molar-refractivity contribution in [1.82, 2.24) is 19.9 Å². The van der Waals surface area contributed by atoms with Gasteiger partial charge in [0.1, 0.15) is 0 Å². The smallest absolute Gasteiger partial charge is 0.256 e. The summed E-state index contributed by atoms with van der Waals surface area (Å²) in [5, 5.41) is 3.12. The predicted molar refractivity (Wildman–Crippen MR) is 104 cm³/mol. The Kier molecular flexibility index (Phi) is 5.05. The number of para-hydroxylation sites is 1. The van der Waals surface area contributed by atoms with Crippen molar-refractivity contribution in [1.29, 1.82) is 0 Å². The molecule has 0 unspecified atom stereocenters. The lowest BCUT2D eigenvalue weighted by Gasteiger charge is -2.32. The van der Waals surface area contributed by atoms with Crippen molar-refractivity contribution in [2.75, 3.05) is 18.4 Å². The summed E-state index contributed by atoms with van der Waals surface area (Å²) in [5.74, 6) is 0.967. The van der Waals surface area contributed by atoms with E-state index in [1.807, 2.05) is 47.6 Å². The molecule has 1 amide bonds. The van der Waals surface area contributed by atoms with E-state index in [1.165, 1.54) is 5.56 Å². The van der Waals surface area contributed by atoms with Crippen LogP contribution in [0, 0.1) is 0 Å². The highest BCUT2D eigenvalue weighted by atomic mass is 16.2. The van der Waals surface area contributed by atoms with Crippen LogP contribution in [0.25, 0.3) is 0 Å². The third-order valence-electron chi connectivity index (χ3n) is 4.89. The zero-order chi connectivity index (χ0) is 18.5. The summed E-state index contributed by atoms with van der Waals surface area (Å²) >= 11 is 0. The van der Waals surface area contributed by atoms with Gasteiger partial charge in [0.05, 0.1) is 5.56 Å². The number of carbonyl (C=O) groups excluding carboxylic acids is 1. The van der Waals surface area contributed by atoms with Gasteiger partial charge in [-0.05, 0) is 48.6 Å². The molecule has 6 nitrogen and oxygen atoms in total. The van der Waals surface area contributed by atoms with Crippen molar-refractivity contribution in [2.24, 2.45) is 0 Å². The van der Waals surface area contributed by atoms with Crippen LogP contribution in [-0.2, 0) is 0 Å². The van der Waals surface area contributed by atoms with Gasteiger partial charge in [0.15, 0.2) is 0 Å². The fourth-order valence-electron chi connectivity index (χ4n) is 3.39. The molecule has 6 heteroatoms. The van der Waals surface area contributed by atoms with Crippen molar-refractivity contribution in [3.05, 3.63) is 78.4 Å². The number of nitrogens with one attached hydrogen (secondary N) is 1. The molecule has 136 valence electrons. The Morgan fingerprint density at radius 2 is 1.63 bits per heavy atom. The minimum Gasteiger partial charge on any atom is -0.339 e. The van der Waals surface area contributed by atoms with E-state index in [4.69, 9.17) is 0 Å². The van der Waals surface area contributed by atoms with E-state index in [-0.39, 0.29) is 5.91 Å². The maximum Gasteiger partial charge on any atom is 0.256 e. The molecule has 0 spiro atoms. The van der Waals surface area contributed by atoms with Crippen LogP contribution in [0.15, 0.2) is 67.3 Å². The van der Waals surface area contributed by atoms with Gasteiger partial charge in [-0.25, -0.2) is 9.97 Å². The molecule has 3 aromatic rings. The second kappa shape index (κ2) is 7.95. The standard InChI is InChI=1S/C21H21N5O/c27-20(26-12-8-17(9-13-26)16-6-10-22-11-7-16)18-14-23-21(24-15-18)25-19-4-2-1-3-5-19/h1-7,10-11,14-15,17H,8-9,12-13H2,(H,23,24,25). The topological polar surface area (TPSA) is 71.0 Å². The summed E-state index contributed by atoms with van der Waals surface area (Å²) < 4.78 is 0. The SMILES string of the molecule is O=C(c1cnc(Nc2ccccc2)nc1)N1CCC(c2ccncc2)CC1. The molecule has 0 saturated carbocycles. The van der Waals surface area contributed by atoms with Crippen LogP contribution in [0.2, 0.25) is 0 Å². The highest BCUT2D eigenvalue weighted by Crippen LogP contribution is 2.28. The summed E-state index contributed by atoms with van der Waals surface area (Å²) in [6.45, 7) is 1.49. The number of pyridine rings is 1. The molecule has 27 heavy (non-hydrogen) atoms. The molecule has 1 aliphatic heterocycles. The molecule has 4 rings (SSSR count). The molecule has 1 aromatic carbocycles. The zero-order valence-electron chi connectivity index (χ0n) is 15.0. The van der Waals surface area contributed by atoms with Crippen LogP contribution in [0.3, 0.4) is 0 Å². The normalized spacial score (nSPS) is 14.7. The Balaban J connectivity index is 1.36. The van der Waals surface area contributed by atoms with Crippen molar-refractivity contribution in [3.8, 4) is 0 Å². The van der Waals surface area contributed by atoms with Crippen LogP contribution in [0.5, 0.6) is 0 Å². The fraction of sp³-hybridized carbons (Fsp3) is 0.238. The number of nitrogens with zero attached hydrogens (tertiary/aromatic N) is 4. The lowest BCUT2D eigenvalue weighted by molar-refractivity contribution is 0.0712. The van der Waals surface area contributed by atoms with Crippen LogP contribution in [-0.4, -0.2) is 38.8 Å². The molecule has 3 heterocycles. The maximum absolute atomic E-state index is 12.7. The second-order valence-electron chi connectivity index (χ2n) is 6.63. The zero-order valence-corrected chi connectivity index (χ0v) is 15.0. The number of likely N-dealkylation sites (tertiary alicyclic amines) is 1. The first-order valence-electron chi connectivity index (χ1n) is 9.13. The molecule has 1 aliphatic rings. The number of benzene rings is 1. The minimum absolute atomic E-state index is 0.00515. The van der Waals surface area contributed by atoms with Gasteiger partial charge in [0.25, 0.3) is 5.91 Å². The Labute approximate surface area is 158 Å². The first-order chi connectivity index (χ1) is 13.3. The van der Waals surface area contributed by atoms with Gasteiger partial charge in [-0.15, -0.1) is 0 Å². The Morgan fingerprint density at radius 3 is 2.30 bits per heavy atom. The summed E-state index contributed by atoms with van der Waals surface area (Å²) in [6, 6.07) is 13.8. The van der Waals surface area contributed by atoms with Gasteiger partial charge in [-0.3, -0.25) is 9.78 Å². The monoisotopic (exact) mass is 359 g/mol. The quantitative estimate of drug-likeness (QED) is 0.770. The fourth-order valence-corrected chi connectivity index (χ4v) is 3.39. The molecule has 2 aromatic heterocycles. The number of amides is 1. The Hall–Kier alpha value is -3.28. The number of rotatable bonds is 4. The van der Waals surface area contributed by atoms with E-state index in [0.29, 0.717) is 17.4 Å². The average molecular weight is 359 g/mol. The number of hydrogen-bond donors (Lipinski definition) is 1. The molecule has 0 atom stereocenters. The van der Waals surface area contributed by atoms with Gasteiger partial charge in [0, 0.05) is 43.6 Å². The lowest BCUT2D eigenvalue weighted by Crippen LogP contribution is -2.38. The molecule has 1 fully saturated rings. The molecule has 1 saturated heterocycles. The van der Waals surface area contributed by atoms with E-state index >= 15 is 0 Å². The van der Waals surface area contributed by atoms with Crippen LogP contribution < -0.4 is 5.32 Å². The third-order valence-corrected chi connectivity index (χ3v) is 4.89. The van der Waals surface area contributed by atoms with E-state index < -0.39 is 0 Å². The Morgan fingerprint density at radius 1 is 0.963 bits per heavy atom. The molecule has 0 aliphatic carbocycles. The van der Waals surface area contributed by atoms with E-state index in [1.54, 1.807) is 12.4 Å². The van der Waals surface area contributed by atoms with Gasteiger partial charge in [-0.2, -0.15) is 0 Å². The molecular formula is C21H21N5O. The summed E-state index contributed by atoms with van der Waals surface area (Å²) in [7, 11) is 0. The third kappa shape index (κ3) is 4.11. The van der Waals surface area contributed by atoms with E-state index in [2.05, 4.69) is 32.4 Å². The largest absolute Gasteiger partial charge is 0.339 e. The van der Waals surface area contributed by atoms with Gasteiger partial charge < -0.3 is 10.2 Å².